The first-order valence-electron chi connectivity index (χ1n) is 7.63. The van der Waals surface area contributed by atoms with Crippen LogP contribution in [0.5, 0.6) is 11.5 Å². The van der Waals surface area contributed by atoms with Crippen LogP contribution in [0, 0.1) is 5.82 Å². The van der Waals surface area contributed by atoms with E-state index < -0.39 is 11.9 Å². The third kappa shape index (κ3) is 4.84. The summed E-state index contributed by atoms with van der Waals surface area (Å²) >= 11 is 6.04. The van der Waals surface area contributed by atoms with E-state index in [1.807, 2.05) is 12.1 Å². The van der Waals surface area contributed by atoms with Crippen LogP contribution in [0.2, 0.25) is 5.02 Å². The maximum absolute atomic E-state index is 13.9. The standard InChI is InChI=1S/C18H21ClFNO3/c1-12(22)9-21-10-13-5-3-8-17(23-2)18(13)24-11-14-15(19)6-4-7-16(14)20/h3-8,12,21-22H,9-11H2,1-2H3. The molecule has 1 atom stereocenters. The summed E-state index contributed by atoms with van der Waals surface area (Å²) in [5.41, 5.74) is 1.15. The summed E-state index contributed by atoms with van der Waals surface area (Å²) in [6.45, 7) is 2.64. The van der Waals surface area contributed by atoms with Gasteiger partial charge in [0, 0.05) is 24.2 Å². The van der Waals surface area contributed by atoms with Gasteiger partial charge < -0.3 is 19.9 Å². The molecular weight excluding hydrogens is 333 g/mol. The minimum atomic E-state index is -0.447. The lowest BCUT2D eigenvalue weighted by atomic mass is 10.1. The zero-order valence-corrected chi connectivity index (χ0v) is 14.4. The quantitative estimate of drug-likeness (QED) is 0.762. The fraction of sp³-hybridized carbons (Fsp3) is 0.333. The summed E-state index contributed by atoms with van der Waals surface area (Å²) in [6.07, 6.45) is -0.447. The highest BCUT2D eigenvalue weighted by atomic mass is 35.5. The lowest BCUT2D eigenvalue weighted by molar-refractivity contribution is 0.190. The molecule has 0 amide bonds. The topological polar surface area (TPSA) is 50.7 Å². The van der Waals surface area contributed by atoms with E-state index in [4.69, 9.17) is 21.1 Å². The summed E-state index contributed by atoms with van der Waals surface area (Å²) in [4.78, 5) is 0. The van der Waals surface area contributed by atoms with Crippen molar-refractivity contribution in [3.63, 3.8) is 0 Å². The molecule has 0 radical (unpaired) electrons. The Morgan fingerprint density at radius 3 is 2.67 bits per heavy atom. The fourth-order valence-electron chi connectivity index (χ4n) is 2.26. The molecule has 2 aromatic rings. The predicted molar refractivity (Wildman–Crippen MR) is 92.1 cm³/mol. The zero-order valence-electron chi connectivity index (χ0n) is 13.7. The Kier molecular flexibility index (Phi) is 6.85. The minimum absolute atomic E-state index is 0.00468. The Morgan fingerprint density at radius 2 is 2.00 bits per heavy atom. The van der Waals surface area contributed by atoms with Gasteiger partial charge in [0.05, 0.1) is 18.2 Å². The molecule has 130 valence electrons. The highest BCUT2D eigenvalue weighted by Crippen LogP contribution is 2.32. The SMILES string of the molecule is COc1cccc(CNCC(C)O)c1OCc1c(F)cccc1Cl. The largest absolute Gasteiger partial charge is 0.493 e. The fourth-order valence-corrected chi connectivity index (χ4v) is 2.47. The second-order valence-electron chi connectivity index (χ2n) is 5.42. The molecule has 1 unspecified atom stereocenters. The molecule has 2 N–H and O–H groups in total. The number of hydrogen-bond acceptors (Lipinski definition) is 4. The van der Waals surface area contributed by atoms with Gasteiger partial charge in [-0.25, -0.2) is 4.39 Å². The Bertz CT molecular complexity index is 659. The number of para-hydroxylation sites is 1. The number of rotatable bonds is 8. The van der Waals surface area contributed by atoms with Gasteiger partial charge in [-0.3, -0.25) is 0 Å². The van der Waals surface area contributed by atoms with Crippen molar-refractivity contribution < 1.29 is 19.0 Å². The average Bonchev–Trinajstić information content (AvgIpc) is 2.54. The third-order valence-electron chi connectivity index (χ3n) is 3.46. The number of aliphatic hydroxyl groups excluding tert-OH is 1. The lowest BCUT2D eigenvalue weighted by Gasteiger charge is -2.16. The summed E-state index contributed by atoms with van der Waals surface area (Å²) < 4.78 is 25.0. The maximum Gasteiger partial charge on any atom is 0.166 e. The van der Waals surface area contributed by atoms with E-state index >= 15 is 0 Å². The number of aliphatic hydroxyl groups is 1. The molecule has 0 bridgehead atoms. The van der Waals surface area contributed by atoms with Crippen LogP contribution < -0.4 is 14.8 Å². The number of nitrogens with one attached hydrogen (secondary N) is 1. The molecule has 0 fully saturated rings. The maximum atomic E-state index is 13.9. The number of methoxy groups -OCH3 is 1. The molecule has 2 aromatic carbocycles. The van der Waals surface area contributed by atoms with Crippen molar-refractivity contribution in [2.24, 2.45) is 0 Å². The molecular formula is C18H21ClFNO3. The number of hydrogen-bond donors (Lipinski definition) is 2. The molecule has 2 rings (SSSR count). The lowest BCUT2D eigenvalue weighted by Crippen LogP contribution is -2.24. The van der Waals surface area contributed by atoms with Crippen LogP contribution in [0.3, 0.4) is 0 Å². The van der Waals surface area contributed by atoms with Crippen molar-refractivity contribution in [1.29, 1.82) is 0 Å². The molecule has 0 aromatic heterocycles. The summed E-state index contributed by atoms with van der Waals surface area (Å²) in [5, 5.41) is 12.8. The van der Waals surface area contributed by atoms with Gasteiger partial charge in [-0.2, -0.15) is 0 Å². The van der Waals surface area contributed by atoms with Crippen LogP contribution >= 0.6 is 11.6 Å². The highest BCUT2D eigenvalue weighted by Gasteiger charge is 2.14. The van der Waals surface area contributed by atoms with Gasteiger partial charge in [0.25, 0.3) is 0 Å². The van der Waals surface area contributed by atoms with Crippen LogP contribution in [0.15, 0.2) is 36.4 Å². The first-order valence-corrected chi connectivity index (χ1v) is 8.01. The molecule has 0 spiro atoms. The second kappa shape index (κ2) is 8.87. The summed E-state index contributed by atoms with van der Waals surface area (Å²) in [5.74, 6) is 0.669. The van der Waals surface area contributed by atoms with E-state index in [9.17, 15) is 9.50 Å². The molecule has 0 saturated heterocycles. The molecule has 0 aliphatic heterocycles. The second-order valence-corrected chi connectivity index (χ2v) is 5.82. The zero-order chi connectivity index (χ0) is 17.5. The van der Waals surface area contributed by atoms with Gasteiger partial charge in [0.1, 0.15) is 12.4 Å². The molecule has 24 heavy (non-hydrogen) atoms. The smallest absolute Gasteiger partial charge is 0.166 e. The Morgan fingerprint density at radius 1 is 1.25 bits per heavy atom. The molecule has 0 saturated carbocycles. The minimum Gasteiger partial charge on any atom is -0.493 e. The Hall–Kier alpha value is -1.82. The van der Waals surface area contributed by atoms with Crippen molar-refractivity contribution in [2.45, 2.75) is 26.2 Å². The van der Waals surface area contributed by atoms with Crippen molar-refractivity contribution in [2.75, 3.05) is 13.7 Å². The third-order valence-corrected chi connectivity index (χ3v) is 3.81. The summed E-state index contributed by atoms with van der Waals surface area (Å²) in [6, 6.07) is 10.0. The van der Waals surface area contributed by atoms with Gasteiger partial charge >= 0.3 is 0 Å². The summed E-state index contributed by atoms with van der Waals surface area (Å²) in [7, 11) is 1.55. The first kappa shape index (κ1) is 18.5. The normalized spacial score (nSPS) is 12.0. The van der Waals surface area contributed by atoms with Gasteiger partial charge in [0.2, 0.25) is 0 Å². The molecule has 0 aliphatic carbocycles. The van der Waals surface area contributed by atoms with Crippen LogP contribution in [-0.2, 0) is 13.2 Å². The van der Waals surface area contributed by atoms with Crippen molar-refractivity contribution in [3.05, 3.63) is 58.4 Å². The molecule has 4 nitrogen and oxygen atoms in total. The van der Waals surface area contributed by atoms with Crippen molar-refractivity contribution in [3.8, 4) is 11.5 Å². The van der Waals surface area contributed by atoms with Gasteiger partial charge in [-0.15, -0.1) is 0 Å². The predicted octanol–water partition coefficient (Wildman–Crippen LogP) is 3.54. The van der Waals surface area contributed by atoms with E-state index in [0.29, 0.717) is 35.2 Å². The van der Waals surface area contributed by atoms with Crippen molar-refractivity contribution >= 4 is 11.6 Å². The van der Waals surface area contributed by atoms with Gasteiger partial charge in [0.15, 0.2) is 11.5 Å². The van der Waals surface area contributed by atoms with E-state index in [1.54, 1.807) is 32.2 Å². The molecule has 0 aliphatic rings. The number of halogens is 2. The first-order chi connectivity index (χ1) is 11.5. The Labute approximate surface area is 146 Å². The van der Waals surface area contributed by atoms with E-state index in [0.717, 1.165) is 5.56 Å². The van der Waals surface area contributed by atoms with Gasteiger partial charge in [-0.1, -0.05) is 29.8 Å². The molecule has 6 heteroatoms. The number of benzene rings is 2. The molecule has 0 heterocycles. The van der Waals surface area contributed by atoms with Gasteiger partial charge in [-0.05, 0) is 25.1 Å². The van der Waals surface area contributed by atoms with E-state index in [-0.39, 0.29) is 6.61 Å². The number of ether oxygens (including phenoxy) is 2. The van der Waals surface area contributed by atoms with Crippen LogP contribution in [0.1, 0.15) is 18.1 Å². The van der Waals surface area contributed by atoms with Crippen molar-refractivity contribution in [1.82, 2.24) is 5.32 Å². The average molecular weight is 354 g/mol. The van der Waals surface area contributed by atoms with E-state index in [1.165, 1.54) is 6.07 Å². The Balaban J connectivity index is 2.18. The van der Waals surface area contributed by atoms with Crippen LogP contribution in [0.4, 0.5) is 4.39 Å². The van der Waals surface area contributed by atoms with Crippen LogP contribution in [-0.4, -0.2) is 24.9 Å². The highest BCUT2D eigenvalue weighted by molar-refractivity contribution is 6.31. The van der Waals surface area contributed by atoms with E-state index in [2.05, 4.69) is 5.32 Å². The van der Waals surface area contributed by atoms with Crippen LogP contribution in [0.25, 0.3) is 0 Å². The monoisotopic (exact) mass is 353 g/mol.